The first-order chi connectivity index (χ1) is 13.7. The Kier molecular flexibility index (Phi) is 5.76. The number of aryl methyl sites for hydroxylation is 2. The number of aromatic nitrogens is 5. The molecule has 1 fully saturated rings. The maximum atomic E-state index is 12.2. The van der Waals surface area contributed by atoms with Crippen LogP contribution in [-0.4, -0.2) is 36.7 Å². The predicted octanol–water partition coefficient (Wildman–Crippen LogP) is 3.34. The SMILES string of the molecule is Cc1nc(CCC(=O)NC2CCC(n3cc(-c4ccncn4)cn3)CC2)cs1. The molecule has 3 aromatic rings. The van der Waals surface area contributed by atoms with E-state index in [1.807, 2.05) is 29.2 Å². The quantitative estimate of drug-likeness (QED) is 0.691. The lowest BCUT2D eigenvalue weighted by Gasteiger charge is -2.29. The van der Waals surface area contributed by atoms with Gasteiger partial charge in [-0.05, 0) is 45.1 Å². The van der Waals surface area contributed by atoms with E-state index >= 15 is 0 Å². The molecule has 0 aliphatic heterocycles. The van der Waals surface area contributed by atoms with Crippen molar-refractivity contribution < 1.29 is 4.79 Å². The van der Waals surface area contributed by atoms with Gasteiger partial charge in [0.1, 0.15) is 6.33 Å². The zero-order chi connectivity index (χ0) is 19.3. The summed E-state index contributed by atoms with van der Waals surface area (Å²) in [5, 5.41) is 10.8. The normalized spacial score (nSPS) is 19.5. The largest absolute Gasteiger partial charge is 0.353 e. The van der Waals surface area contributed by atoms with Crippen LogP contribution >= 0.6 is 11.3 Å². The van der Waals surface area contributed by atoms with E-state index in [2.05, 4.69) is 31.6 Å². The smallest absolute Gasteiger partial charge is 0.220 e. The second kappa shape index (κ2) is 8.60. The summed E-state index contributed by atoms with van der Waals surface area (Å²) in [6, 6.07) is 2.53. The number of nitrogens with zero attached hydrogens (tertiary/aromatic N) is 5. The maximum absolute atomic E-state index is 12.2. The molecule has 146 valence electrons. The molecule has 28 heavy (non-hydrogen) atoms. The average Bonchev–Trinajstić information content (AvgIpc) is 3.37. The van der Waals surface area contributed by atoms with E-state index in [1.165, 1.54) is 0 Å². The molecule has 1 amide bonds. The van der Waals surface area contributed by atoms with E-state index in [9.17, 15) is 4.79 Å². The molecule has 7 nitrogen and oxygen atoms in total. The Bertz CT molecular complexity index is 914. The van der Waals surface area contributed by atoms with E-state index < -0.39 is 0 Å². The number of nitrogens with one attached hydrogen (secondary N) is 1. The molecule has 0 saturated heterocycles. The minimum absolute atomic E-state index is 0.124. The highest BCUT2D eigenvalue weighted by Gasteiger charge is 2.24. The zero-order valence-electron chi connectivity index (χ0n) is 15.9. The number of rotatable bonds is 6. The molecular weight excluding hydrogens is 372 g/mol. The fraction of sp³-hybridized carbons (Fsp3) is 0.450. The first-order valence-electron chi connectivity index (χ1n) is 9.68. The van der Waals surface area contributed by atoms with Gasteiger partial charge in [0.2, 0.25) is 5.91 Å². The summed E-state index contributed by atoms with van der Waals surface area (Å²) in [5.41, 5.74) is 2.91. The van der Waals surface area contributed by atoms with Crippen molar-refractivity contribution in [2.24, 2.45) is 0 Å². The minimum Gasteiger partial charge on any atom is -0.353 e. The number of amides is 1. The number of carbonyl (C=O) groups is 1. The fourth-order valence-electron chi connectivity index (χ4n) is 3.68. The summed E-state index contributed by atoms with van der Waals surface area (Å²) < 4.78 is 2.04. The van der Waals surface area contributed by atoms with Crippen molar-refractivity contribution in [3.8, 4) is 11.3 Å². The highest BCUT2D eigenvalue weighted by Crippen LogP contribution is 2.29. The van der Waals surface area contributed by atoms with Crippen LogP contribution in [0.2, 0.25) is 0 Å². The second-order valence-electron chi connectivity index (χ2n) is 7.23. The second-order valence-corrected chi connectivity index (χ2v) is 8.30. The van der Waals surface area contributed by atoms with Crippen molar-refractivity contribution in [3.63, 3.8) is 0 Å². The summed E-state index contributed by atoms with van der Waals surface area (Å²) in [6.07, 6.45) is 12.4. The topological polar surface area (TPSA) is 85.6 Å². The monoisotopic (exact) mass is 396 g/mol. The van der Waals surface area contributed by atoms with Gasteiger partial charge in [0.25, 0.3) is 0 Å². The van der Waals surface area contributed by atoms with Crippen molar-refractivity contribution in [1.29, 1.82) is 0 Å². The van der Waals surface area contributed by atoms with Crippen LogP contribution in [0.15, 0.2) is 36.4 Å². The van der Waals surface area contributed by atoms with Crippen LogP contribution in [0.3, 0.4) is 0 Å². The molecule has 0 unspecified atom stereocenters. The van der Waals surface area contributed by atoms with Crippen LogP contribution in [0.4, 0.5) is 0 Å². The molecule has 0 bridgehead atoms. The molecule has 4 rings (SSSR count). The standard InChI is InChI=1S/C20H24N6OS/c1-14-24-17(12-28-14)4-7-20(27)25-16-2-5-18(6-3-16)26-11-15(10-23-26)19-8-9-21-13-22-19/h8-13,16,18H,2-7H2,1H3,(H,25,27). The van der Waals surface area contributed by atoms with Gasteiger partial charge in [-0.1, -0.05) is 0 Å². The molecule has 0 spiro atoms. The minimum atomic E-state index is 0.124. The molecule has 0 aromatic carbocycles. The number of hydrogen-bond acceptors (Lipinski definition) is 6. The van der Waals surface area contributed by atoms with E-state index in [1.54, 1.807) is 23.9 Å². The molecule has 0 atom stereocenters. The van der Waals surface area contributed by atoms with Gasteiger partial charge in [-0.15, -0.1) is 11.3 Å². The lowest BCUT2D eigenvalue weighted by molar-refractivity contribution is -0.122. The van der Waals surface area contributed by atoms with E-state index in [0.717, 1.165) is 47.6 Å². The lowest BCUT2D eigenvalue weighted by Crippen LogP contribution is -2.38. The third kappa shape index (κ3) is 4.62. The molecule has 8 heteroatoms. The van der Waals surface area contributed by atoms with Crippen LogP contribution < -0.4 is 5.32 Å². The molecule has 3 heterocycles. The van der Waals surface area contributed by atoms with E-state index in [4.69, 9.17) is 0 Å². The molecule has 0 radical (unpaired) electrons. The van der Waals surface area contributed by atoms with Crippen molar-refractivity contribution in [2.75, 3.05) is 0 Å². The van der Waals surface area contributed by atoms with Crippen LogP contribution in [0.1, 0.15) is 48.8 Å². The van der Waals surface area contributed by atoms with Crippen LogP contribution in [0.5, 0.6) is 0 Å². The third-order valence-electron chi connectivity index (χ3n) is 5.19. The Morgan fingerprint density at radius 2 is 2.18 bits per heavy atom. The maximum Gasteiger partial charge on any atom is 0.220 e. The Balaban J connectivity index is 1.24. The van der Waals surface area contributed by atoms with Crippen molar-refractivity contribution >= 4 is 17.2 Å². The van der Waals surface area contributed by atoms with Gasteiger partial charge < -0.3 is 5.32 Å². The van der Waals surface area contributed by atoms with Crippen molar-refractivity contribution in [2.45, 2.75) is 57.5 Å². The third-order valence-corrected chi connectivity index (χ3v) is 6.01. The summed E-state index contributed by atoms with van der Waals surface area (Å²) in [4.78, 5) is 24.9. The summed E-state index contributed by atoms with van der Waals surface area (Å²) in [5.74, 6) is 0.124. The van der Waals surface area contributed by atoms with Crippen molar-refractivity contribution in [3.05, 3.63) is 47.1 Å². The first-order valence-corrected chi connectivity index (χ1v) is 10.6. The highest BCUT2D eigenvalue weighted by molar-refractivity contribution is 7.09. The summed E-state index contributed by atoms with van der Waals surface area (Å²) in [6.45, 7) is 1.99. The van der Waals surface area contributed by atoms with Gasteiger partial charge >= 0.3 is 0 Å². The highest BCUT2D eigenvalue weighted by atomic mass is 32.1. The van der Waals surface area contributed by atoms with Gasteiger partial charge in [-0.25, -0.2) is 15.0 Å². The molecule has 1 N–H and O–H groups in total. The van der Waals surface area contributed by atoms with Gasteiger partial charge in [0.15, 0.2) is 0 Å². The van der Waals surface area contributed by atoms with Gasteiger partial charge in [-0.3, -0.25) is 9.48 Å². The van der Waals surface area contributed by atoms with Gasteiger partial charge in [0.05, 0.1) is 28.6 Å². The van der Waals surface area contributed by atoms with Crippen LogP contribution in [0, 0.1) is 6.92 Å². The van der Waals surface area contributed by atoms with Gasteiger partial charge in [0, 0.05) is 35.8 Å². The van der Waals surface area contributed by atoms with E-state index in [-0.39, 0.29) is 11.9 Å². The van der Waals surface area contributed by atoms with Crippen LogP contribution in [0.25, 0.3) is 11.3 Å². The Hall–Kier alpha value is -2.61. The fourth-order valence-corrected chi connectivity index (χ4v) is 4.33. The number of hydrogen-bond donors (Lipinski definition) is 1. The molecular formula is C20H24N6OS. The van der Waals surface area contributed by atoms with E-state index in [0.29, 0.717) is 18.9 Å². The number of carbonyl (C=O) groups excluding carboxylic acids is 1. The van der Waals surface area contributed by atoms with Gasteiger partial charge in [-0.2, -0.15) is 5.10 Å². The molecule has 1 saturated carbocycles. The average molecular weight is 397 g/mol. The van der Waals surface area contributed by atoms with Crippen molar-refractivity contribution in [1.82, 2.24) is 30.0 Å². The summed E-state index contributed by atoms with van der Waals surface area (Å²) >= 11 is 1.63. The lowest BCUT2D eigenvalue weighted by atomic mass is 9.91. The van der Waals surface area contributed by atoms with Crippen LogP contribution in [-0.2, 0) is 11.2 Å². The Morgan fingerprint density at radius 3 is 2.89 bits per heavy atom. The predicted molar refractivity (Wildman–Crippen MR) is 108 cm³/mol. The zero-order valence-corrected chi connectivity index (χ0v) is 16.7. The molecule has 3 aromatic heterocycles. The first kappa shape index (κ1) is 18.7. The molecule has 1 aliphatic rings. The molecule has 1 aliphatic carbocycles. The Labute approximate surface area is 168 Å². The summed E-state index contributed by atoms with van der Waals surface area (Å²) in [7, 11) is 0. The Morgan fingerprint density at radius 1 is 1.32 bits per heavy atom. The number of thiazole rings is 1.